The van der Waals surface area contributed by atoms with Gasteiger partial charge in [-0.15, -0.1) is 6.58 Å². The molecule has 3 heteroatoms. The third-order valence-corrected chi connectivity index (χ3v) is 2.35. The molecular formula is C9H18N2O. The number of rotatable bonds is 4. The summed E-state index contributed by atoms with van der Waals surface area (Å²) in [6.07, 6.45) is 5.63. The number of nitrogens with one attached hydrogen (secondary N) is 1. The molecule has 1 heterocycles. The van der Waals surface area contributed by atoms with Gasteiger partial charge in [-0.2, -0.15) is 0 Å². The van der Waals surface area contributed by atoms with Crippen LogP contribution in [0, 0.1) is 0 Å². The van der Waals surface area contributed by atoms with Crippen molar-refractivity contribution in [2.75, 3.05) is 0 Å². The Hall–Kier alpha value is -0.380. The molecule has 3 unspecified atom stereocenters. The van der Waals surface area contributed by atoms with Crippen molar-refractivity contribution in [3.63, 3.8) is 0 Å². The second-order valence-electron chi connectivity index (χ2n) is 3.36. The Labute approximate surface area is 73.9 Å². The Balaban J connectivity index is 2.38. The molecule has 1 fully saturated rings. The second-order valence-corrected chi connectivity index (χ2v) is 3.36. The average Bonchev–Trinajstić information content (AvgIpc) is 2.47. The molecule has 3 atom stereocenters. The van der Waals surface area contributed by atoms with Gasteiger partial charge in [-0.3, -0.25) is 11.3 Å². The normalized spacial score (nSPS) is 31.8. The summed E-state index contributed by atoms with van der Waals surface area (Å²) < 4.78 is 5.68. The van der Waals surface area contributed by atoms with Gasteiger partial charge in [0.1, 0.15) is 0 Å². The molecule has 1 saturated heterocycles. The van der Waals surface area contributed by atoms with E-state index in [2.05, 4.69) is 18.9 Å². The minimum absolute atomic E-state index is 0.229. The zero-order chi connectivity index (χ0) is 8.97. The van der Waals surface area contributed by atoms with Crippen LogP contribution in [0.1, 0.15) is 26.2 Å². The molecule has 0 aromatic rings. The molecule has 0 amide bonds. The molecule has 3 N–H and O–H groups in total. The molecule has 0 radical (unpaired) electrons. The van der Waals surface area contributed by atoms with Gasteiger partial charge in [0.05, 0.1) is 18.2 Å². The van der Waals surface area contributed by atoms with Crippen molar-refractivity contribution in [3.8, 4) is 0 Å². The van der Waals surface area contributed by atoms with Crippen LogP contribution in [0.5, 0.6) is 0 Å². The topological polar surface area (TPSA) is 47.3 Å². The fraction of sp³-hybridized carbons (Fsp3) is 0.778. The molecule has 1 aliphatic rings. The van der Waals surface area contributed by atoms with Gasteiger partial charge in [0.2, 0.25) is 0 Å². The third-order valence-electron chi connectivity index (χ3n) is 2.35. The Morgan fingerprint density at radius 2 is 2.50 bits per heavy atom. The molecule has 0 bridgehead atoms. The van der Waals surface area contributed by atoms with E-state index in [9.17, 15) is 0 Å². The van der Waals surface area contributed by atoms with Gasteiger partial charge in [-0.05, 0) is 26.2 Å². The SMILES string of the molecule is C=CCC(NN)C1CCC(C)O1. The van der Waals surface area contributed by atoms with E-state index in [4.69, 9.17) is 10.6 Å². The first kappa shape index (κ1) is 9.71. The molecule has 0 saturated carbocycles. The highest BCUT2D eigenvalue weighted by Gasteiger charge is 2.27. The standard InChI is InChI=1S/C9H18N2O/c1-3-4-8(11-10)9-6-5-7(2)12-9/h3,7-9,11H,1,4-6,10H2,2H3. The van der Waals surface area contributed by atoms with Crippen molar-refractivity contribution in [2.45, 2.75) is 44.4 Å². The van der Waals surface area contributed by atoms with E-state index >= 15 is 0 Å². The maximum Gasteiger partial charge on any atom is 0.0749 e. The van der Waals surface area contributed by atoms with Crippen molar-refractivity contribution >= 4 is 0 Å². The Kier molecular flexibility index (Phi) is 3.72. The first-order valence-corrected chi connectivity index (χ1v) is 4.50. The predicted molar refractivity (Wildman–Crippen MR) is 49.5 cm³/mol. The smallest absolute Gasteiger partial charge is 0.0749 e. The lowest BCUT2D eigenvalue weighted by atomic mass is 10.1. The summed E-state index contributed by atoms with van der Waals surface area (Å²) >= 11 is 0. The maximum absolute atomic E-state index is 5.68. The van der Waals surface area contributed by atoms with Gasteiger partial charge in [-0.1, -0.05) is 6.08 Å². The van der Waals surface area contributed by atoms with E-state index < -0.39 is 0 Å². The third kappa shape index (κ3) is 2.30. The van der Waals surface area contributed by atoms with Crippen molar-refractivity contribution in [1.29, 1.82) is 0 Å². The largest absolute Gasteiger partial charge is 0.374 e. The highest BCUT2D eigenvalue weighted by atomic mass is 16.5. The number of hydrogen-bond acceptors (Lipinski definition) is 3. The minimum Gasteiger partial charge on any atom is -0.374 e. The number of hydrogen-bond donors (Lipinski definition) is 2. The highest BCUT2D eigenvalue weighted by molar-refractivity contribution is 4.86. The number of nitrogens with two attached hydrogens (primary N) is 1. The van der Waals surface area contributed by atoms with Crippen molar-refractivity contribution in [1.82, 2.24) is 5.43 Å². The van der Waals surface area contributed by atoms with Crippen LogP contribution in [0.15, 0.2) is 12.7 Å². The number of ether oxygens (including phenoxy) is 1. The second kappa shape index (κ2) is 4.60. The molecule has 0 aromatic heterocycles. The lowest BCUT2D eigenvalue weighted by Crippen LogP contribution is -2.43. The maximum atomic E-state index is 5.68. The van der Waals surface area contributed by atoms with Crippen molar-refractivity contribution in [3.05, 3.63) is 12.7 Å². The van der Waals surface area contributed by atoms with Crippen LogP contribution in [0.3, 0.4) is 0 Å². The van der Waals surface area contributed by atoms with Crippen LogP contribution >= 0.6 is 0 Å². The number of hydrazine groups is 1. The van der Waals surface area contributed by atoms with Gasteiger partial charge in [0.15, 0.2) is 0 Å². The molecule has 0 aromatic carbocycles. The fourth-order valence-corrected chi connectivity index (χ4v) is 1.64. The van der Waals surface area contributed by atoms with Crippen LogP contribution in [0.2, 0.25) is 0 Å². The van der Waals surface area contributed by atoms with E-state index in [1.54, 1.807) is 0 Å². The lowest BCUT2D eigenvalue weighted by Gasteiger charge is -2.21. The summed E-state index contributed by atoms with van der Waals surface area (Å²) in [7, 11) is 0. The van der Waals surface area contributed by atoms with Gasteiger partial charge in [0.25, 0.3) is 0 Å². The summed E-state index contributed by atoms with van der Waals surface area (Å²) in [5.41, 5.74) is 2.77. The van der Waals surface area contributed by atoms with E-state index in [1.165, 1.54) is 0 Å². The van der Waals surface area contributed by atoms with Crippen LogP contribution in [0.4, 0.5) is 0 Å². The predicted octanol–water partition coefficient (Wildman–Crippen LogP) is 0.962. The molecule has 1 aliphatic heterocycles. The van der Waals surface area contributed by atoms with E-state index in [0.29, 0.717) is 6.10 Å². The lowest BCUT2D eigenvalue weighted by molar-refractivity contribution is 0.0326. The van der Waals surface area contributed by atoms with Crippen LogP contribution in [-0.2, 0) is 4.74 Å². The van der Waals surface area contributed by atoms with Crippen LogP contribution in [-0.4, -0.2) is 18.2 Å². The average molecular weight is 170 g/mol. The van der Waals surface area contributed by atoms with Crippen molar-refractivity contribution < 1.29 is 4.74 Å². The molecule has 1 rings (SSSR count). The van der Waals surface area contributed by atoms with Crippen LogP contribution < -0.4 is 11.3 Å². The molecule has 0 aliphatic carbocycles. The van der Waals surface area contributed by atoms with Crippen LogP contribution in [0.25, 0.3) is 0 Å². The molecule has 0 spiro atoms. The summed E-state index contributed by atoms with van der Waals surface area (Å²) in [6.45, 7) is 5.79. The Morgan fingerprint density at radius 3 is 2.92 bits per heavy atom. The van der Waals surface area contributed by atoms with Gasteiger partial charge < -0.3 is 4.74 Å². The zero-order valence-electron chi connectivity index (χ0n) is 7.62. The molecular weight excluding hydrogens is 152 g/mol. The first-order chi connectivity index (χ1) is 5.77. The van der Waals surface area contributed by atoms with Gasteiger partial charge >= 0.3 is 0 Å². The molecule has 3 nitrogen and oxygen atoms in total. The fourth-order valence-electron chi connectivity index (χ4n) is 1.64. The monoisotopic (exact) mass is 170 g/mol. The summed E-state index contributed by atoms with van der Waals surface area (Å²) in [5, 5.41) is 0. The minimum atomic E-state index is 0.229. The Morgan fingerprint density at radius 1 is 1.75 bits per heavy atom. The summed E-state index contributed by atoms with van der Waals surface area (Å²) in [5.74, 6) is 5.41. The van der Waals surface area contributed by atoms with Crippen molar-refractivity contribution in [2.24, 2.45) is 5.84 Å². The first-order valence-electron chi connectivity index (χ1n) is 4.50. The van der Waals surface area contributed by atoms with Gasteiger partial charge in [0, 0.05) is 0 Å². The summed E-state index contributed by atoms with van der Waals surface area (Å²) in [6, 6.07) is 0.229. The highest BCUT2D eigenvalue weighted by Crippen LogP contribution is 2.22. The quantitative estimate of drug-likeness (QED) is 0.375. The zero-order valence-corrected chi connectivity index (χ0v) is 7.62. The van der Waals surface area contributed by atoms with E-state index in [0.717, 1.165) is 19.3 Å². The van der Waals surface area contributed by atoms with E-state index in [1.807, 2.05) is 6.08 Å². The van der Waals surface area contributed by atoms with Gasteiger partial charge in [-0.25, -0.2) is 0 Å². The molecule has 12 heavy (non-hydrogen) atoms. The Bertz CT molecular complexity index is 149. The summed E-state index contributed by atoms with van der Waals surface area (Å²) in [4.78, 5) is 0. The van der Waals surface area contributed by atoms with E-state index in [-0.39, 0.29) is 12.1 Å². The molecule has 70 valence electrons.